The number of rotatable bonds is 3. The van der Waals surface area contributed by atoms with Gasteiger partial charge in [0.05, 0.1) is 0 Å². The number of aromatic nitrogens is 2. The third-order valence-corrected chi connectivity index (χ3v) is 3.59. The Hall–Kier alpha value is -1.16. The van der Waals surface area contributed by atoms with Crippen molar-refractivity contribution in [3.05, 3.63) is 18.3 Å². The van der Waals surface area contributed by atoms with E-state index in [4.69, 9.17) is 5.73 Å². The van der Waals surface area contributed by atoms with Crippen LogP contribution in [0.4, 0.5) is 5.82 Å². The highest BCUT2D eigenvalue weighted by Crippen LogP contribution is 2.29. The van der Waals surface area contributed by atoms with Crippen LogP contribution >= 0.6 is 0 Å². The molecule has 16 heavy (non-hydrogen) atoms. The van der Waals surface area contributed by atoms with Crippen LogP contribution < -0.4 is 10.6 Å². The van der Waals surface area contributed by atoms with Crippen molar-refractivity contribution in [2.75, 3.05) is 18.5 Å². The summed E-state index contributed by atoms with van der Waals surface area (Å²) >= 11 is 0. The smallest absolute Gasteiger partial charge is 0.151 e. The molecule has 1 aromatic heterocycles. The zero-order valence-electron chi connectivity index (χ0n) is 9.84. The molecule has 0 bridgehead atoms. The Morgan fingerprint density at radius 2 is 2.25 bits per heavy atom. The Morgan fingerprint density at radius 1 is 1.44 bits per heavy atom. The van der Waals surface area contributed by atoms with E-state index in [9.17, 15) is 0 Å². The van der Waals surface area contributed by atoms with Gasteiger partial charge in [0.25, 0.3) is 0 Å². The topological polar surface area (TPSA) is 55.0 Å². The lowest BCUT2D eigenvalue weighted by molar-refractivity contribution is 0.305. The molecular weight excluding hydrogens is 200 g/mol. The minimum absolute atomic E-state index is 0.524. The van der Waals surface area contributed by atoms with E-state index in [0.29, 0.717) is 12.0 Å². The first kappa shape index (κ1) is 11.3. The summed E-state index contributed by atoms with van der Waals surface area (Å²) < 4.78 is 0. The molecule has 2 atom stereocenters. The van der Waals surface area contributed by atoms with Gasteiger partial charge >= 0.3 is 0 Å². The van der Waals surface area contributed by atoms with E-state index in [1.54, 1.807) is 6.20 Å². The van der Waals surface area contributed by atoms with E-state index >= 15 is 0 Å². The van der Waals surface area contributed by atoms with Crippen LogP contribution in [-0.4, -0.2) is 29.8 Å². The van der Waals surface area contributed by atoms with E-state index in [-0.39, 0.29) is 0 Å². The molecule has 2 N–H and O–H groups in total. The molecule has 88 valence electrons. The van der Waals surface area contributed by atoms with Gasteiger partial charge in [-0.25, -0.2) is 0 Å². The van der Waals surface area contributed by atoms with Crippen LogP contribution in [0.25, 0.3) is 0 Å². The van der Waals surface area contributed by atoms with Crippen LogP contribution in [0.1, 0.15) is 25.7 Å². The number of hydrogen-bond acceptors (Lipinski definition) is 4. The second kappa shape index (κ2) is 5.25. The Balaban J connectivity index is 2.10. The lowest BCUT2D eigenvalue weighted by atomic mass is 9.84. The molecule has 1 saturated carbocycles. The third kappa shape index (κ3) is 2.32. The minimum Gasteiger partial charge on any atom is -0.355 e. The maximum atomic E-state index is 5.85. The molecule has 1 aromatic rings. The molecule has 0 saturated heterocycles. The Kier molecular flexibility index (Phi) is 3.72. The van der Waals surface area contributed by atoms with Gasteiger partial charge in [-0.2, -0.15) is 5.10 Å². The van der Waals surface area contributed by atoms with Gasteiger partial charge in [-0.05, 0) is 37.4 Å². The Labute approximate surface area is 96.9 Å². The average Bonchev–Trinajstić information content (AvgIpc) is 2.39. The summed E-state index contributed by atoms with van der Waals surface area (Å²) in [7, 11) is 2.10. The zero-order chi connectivity index (χ0) is 11.4. The molecule has 1 aliphatic carbocycles. The summed E-state index contributed by atoms with van der Waals surface area (Å²) in [6, 6.07) is 4.46. The molecule has 0 radical (unpaired) electrons. The molecule has 2 rings (SSSR count). The highest BCUT2D eigenvalue weighted by atomic mass is 15.3. The molecule has 4 heteroatoms. The van der Waals surface area contributed by atoms with Crippen LogP contribution in [0.15, 0.2) is 18.3 Å². The van der Waals surface area contributed by atoms with Crippen molar-refractivity contribution in [1.29, 1.82) is 0 Å². The van der Waals surface area contributed by atoms with Gasteiger partial charge in [0.2, 0.25) is 0 Å². The van der Waals surface area contributed by atoms with E-state index in [0.717, 1.165) is 12.4 Å². The molecule has 4 nitrogen and oxygen atoms in total. The first-order valence-electron chi connectivity index (χ1n) is 6.03. The molecule has 0 spiro atoms. The lowest BCUT2D eigenvalue weighted by Gasteiger charge is -2.37. The first-order valence-corrected chi connectivity index (χ1v) is 6.03. The van der Waals surface area contributed by atoms with Crippen LogP contribution in [0.2, 0.25) is 0 Å². The van der Waals surface area contributed by atoms with E-state index in [2.05, 4.69) is 22.1 Å². The maximum absolute atomic E-state index is 5.85. The molecule has 1 fully saturated rings. The summed E-state index contributed by atoms with van der Waals surface area (Å²) in [5.41, 5.74) is 5.85. The lowest BCUT2D eigenvalue weighted by Crippen LogP contribution is -2.43. The van der Waals surface area contributed by atoms with Crippen molar-refractivity contribution in [3.63, 3.8) is 0 Å². The summed E-state index contributed by atoms with van der Waals surface area (Å²) in [5, 5.41) is 8.09. The monoisotopic (exact) mass is 220 g/mol. The summed E-state index contributed by atoms with van der Waals surface area (Å²) in [4.78, 5) is 2.24. The largest absolute Gasteiger partial charge is 0.355 e. The predicted octanol–water partition coefficient (Wildman–Crippen LogP) is 1.43. The Morgan fingerprint density at radius 3 is 2.94 bits per heavy atom. The van der Waals surface area contributed by atoms with Gasteiger partial charge in [0, 0.05) is 19.3 Å². The van der Waals surface area contributed by atoms with Gasteiger partial charge in [0.15, 0.2) is 5.82 Å². The highest BCUT2D eigenvalue weighted by molar-refractivity contribution is 5.37. The normalized spacial score (nSPS) is 25.4. The van der Waals surface area contributed by atoms with Gasteiger partial charge in [-0.15, -0.1) is 5.10 Å². The number of nitrogens with two attached hydrogens (primary N) is 1. The average molecular weight is 220 g/mol. The summed E-state index contributed by atoms with van der Waals surface area (Å²) in [6.07, 6.45) is 6.78. The van der Waals surface area contributed by atoms with E-state index in [1.807, 2.05) is 12.1 Å². The quantitative estimate of drug-likeness (QED) is 0.837. The third-order valence-electron chi connectivity index (χ3n) is 3.59. The highest BCUT2D eigenvalue weighted by Gasteiger charge is 2.27. The number of hydrogen-bond donors (Lipinski definition) is 1. The minimum atomic E-state index is 0.524. The van der Waals surface area contributed by atoms with Crippen molar-refractivity contribution in [3.8, 4) is 0 Å². The fourth-order valence-corrected chi connectivity index (χ4v) is 2.62. The van der Waals surface area contributed by atoms with Gasteiger partial charge in [-0.3, -0.25) is 0 Å². The second-order valence-corrected chi connectivity index (χ2v) is 4.54. The fraction of sp³-hybridized carbons (Fsp3) is 0.667. The summed E-state index contributed by atoms with van der Waals surface area (Å²) in [5.74, 6) is 1.55. The SMILES string of the molecule is CN(c1cccnn1)C1CCCCC1CN. The molecule has 0 aromatic carbocycles. The molecular formula is C12H20N4. The van der Waals surface area contributed by atoms with Crippen molar-refractivity contribution in [2.45, 2.75) is 31.7 Å². The van der Waals surface area contributed by atoms with E-state index < -0.39 is 0 Å². The first-order chi connectivity index (χ1) is 7.83. The van der Waals surface area contributed by atoms with Crippen LogP contribution in [0, 0.1) is 5.92 Å². The van der Waals surface area contributed by atoms with Crippen molar-refractivity contribution < 1.29 is 0 Å². The molecule has 0 amide bonds. The van der Waals surface area contributed by atoms with Crippen LogP contribution in [0.5, 0.6) is 0 Å². The Bertz CT molecular complexity index is 314. The predicted molar refractivity (Wildman–Crippen MR) is 65.2 cm³/mol. The van der Waals surface area contributed by atoms with Gasteiger partial charge < -0.3 is 10.6 Å². The van der Waals surface area contributed by atoms with Crippen molar-refractivity contribution >= 4 is 5.82 Å². The van der Waals surface area contributed by atoms with Gasteiger partial charge in [0.1, 0.15) is 0 Å². The molecule has 1 heterocycles. The maximum Gasteiger partial charge on any atom is 0.151 e. The fourth-order valence-electron chi connectivity index (χ4n) is 2.62. The van der Waals surface area contributed by atoms with E-state index in [1.165, 1.54) is 25.7 Å². The standard InChI is InChI=1S/C12H20N4/c1-16(12-7-4-8-14-15-12)11-6-3-2-5-10(11)9-13/h4,7-8,10-11H,2-3,5-6,9,13H2,1H3. The van der Waals surface area contributed by atoms with Gasteiger partial charge in [-0.1, -0.05) is 12.8 Å². The van der Waals surface area contributed by atoms with Crippen LogP contribution in [0.3, 0.4) is 0 Å². The number of nitrogens with zero attached hydrogens (tertiary/aromatic N) is 3. The zero-order valence-corrected chi connectivity index (χ0v) is 9.84. The molecule has 2 unspecified atom stereocenters. The summed E-state index contributed by atoms with van der Waals surface area (Å²) in [6.45, 7) is 0.773. The number of anilines is 1. The van der Waals surface area contributed by atoms with Crippen molar-refractivity contribution in [2.24, 2.45) is 11.7 Å². The molecule has 0 aliphatic heterocycles. The molecule has 1 aliphatic rings. The second-order valence-electron chi connectivity index (χ2n) is 4.54. The van der Waals surface area contributed by atoms with Crippen LogP contribution in [-0.2, 0) is 0 Å². The van der Waals surface area contributed by atoms with Crippen molar-refractivity contribution in [1.82, 2.24) is 10.2 Å².